The van der Waals surface area contributed by atoms with Crippen LogP contribution in [0.2, 0.25) is 0 Å². The number of rotatable bonds is 5. The lowest BCUT2D eigenvalue weighted by Gasteiger charge is -2.36. The smallest absolute Gasteiger partial charge is 0.108 e. The van der Waals surface area contributed by atoms with E-state index in [0.717, 1.165) is 5.92 Å². The Morgan fingerprint density at radius 2 is 1.82 bits per heavy atom. The summed E-state index contributed by atoms with van der Waals surface area (Å²) in [5, 5.41) is 0. The molecule has 1 aliphatic heterocycles. The van der Waals surface area contributed by atoms with E-state index in [1.54, 1.807) is 0 Å². The summed E-state index contributed by atoms with van der Waals surface area (Å²) in [4.78, 5) is 6.81. The van der Waals surface area contributed by atoms with Crippen molar-refractivity contribution in [2.75, 3.05) is 14.1 Å². The van der Waals surface area contributed by atoms with Crippen molar-refractivity contribution < 1.29 is 0 Å². The molecule has 0 saturated carbocycles. The molecule has 0 saturated heterocycles. The van der Waals surface area contributed by atoms with Crippen molar-refractivity contribution in [3.63, 3.8) is 0 Å². The van der Waals surface area contributed by atoms with Gasteiger partial charge in [0.1, 0.15) is 5.84 Å². The maximum Gasteiger partial charge on any atom is 0.108 e. The van der Waals surface area contributed by atoms with Gasteiger partial charge >= 0.3 is 0 Å². The minimum absolute atomic E-state index is 0.606. The molecule has 0 spiro atoms. The highest BCUT2D eigenvalue weighted by Crippen LogP contribution is 2.33. The summed E-state index contributed by atoms with van der Waals surface area (Å²) in [6.07, 6.45) is 9.44. The van der Waals surface area contributed by atoms with Crippen LogP contribution in [0.5, 0.6) is 0 Å². The Kier molecular flexibility index (Phi) is 5.73. The Morgan fingerprint density at radius 3 is 2.29 bits per heavy atom. The van der Waals surface area contributed by atoms with Crippen LogP contribution in [0.15, 0.2) is 17.3 Å². The number of allylic oxidation sites excluding steroid dienone is 1. The fourth-order valence-corrected chi connectivity index (χ4v) is 2.99. The quantitative estimate of drug-likeness (QED) is 0.706. The molecule has 0 aromatic heterocycles. The van der Waals surface area contributed by atoms with Gasteiger partial charge in [0.2, 0.25) is 0 Å². The maximum absolute atomic E-state index is 4.61. The van der Waals surface area contributed by atoms with Gasteiger partial charge in [0.15, 0.2) is 0 Å². The first-order chi connectivity index (χ1) is 8.11. The first kappa shape index (κ1) is 14.3. The Bertz CT molecular complexity index is 273. The Balaban J connectivity index is 2.88. The lowest BCUT2D eigenvalue weighted by Crippen LogP contribution is -2.39. The van der Waals surface area contributed by atoms with E-state index in [2.05, 4.69) is 50.8 Å². The van der Waals surface area contributed by atoms with Gasteiger partial charge < -0.3 is 4.90 Å². The Morgan fingerprint density at radius 1 is 1.24 bits per heavy atom. The summed E-state index contributed by atoms with van der Waals surface area (Å²) < 4.78 is 0. The number of nitrogens with zero attached hydrogens (tertiary/aromatic N) is 2. The van der Waals surface area contributed by atoms with Crippen molar-refractivity contribution in [3.05, 3.63) is 12.3 Å². The van der Waals surface area contributed by atoms with Crippen LogP contribution in [0.4, 0.5) is 0 Å². The molecule has 0 fully saturated rings. The molecule has 1 aliphatic rings. The first-order valence-electron chi connectivity index (χ1n) is 7.03. The third-order valence-corrected chi connectivity index (χ3v) is 3.75. The van der Waals surface area contributed by atoms with E-state index in [4.69, 9.17) is 0 Å². The van der Waals surface area contributed by atoms with Crippen LogP contribution in [0.3, 0.4) is 0 Å². The van der Waals surface area contributed by atoms with Crippen LogP contribution in [-0.4, -0.2) is 24.8 Å². The summed E-state index contributed by atoms with van der Waals surface area (Å²) >= 11 is 0. The molecular formula is C15H28N2. The second-order valence-corrected chi connectivity index (χ2v) is 5.45. The topological polar surface area (TPSA) is 15.6 Å². The molecule has 2 nitrogen and oxygen atoms in total. The van der Waals surface area contributed by atoms with E-state index in [1.165, 1.54) is 31.5 Å². The molecule has 0 aromatic carbocycles. The highest BCUT2D eigenvalue weighted by atomic mass is 15.1. The average molecular weight is 236 g/mol. The van der Waals surface area contributed by atoms with Crippen LogP contribution in [0.25, 0.3) is 0 Å². The van der Waals surface area contributed by atoms with Gasteiger partial charge in [0, 0.05) is 26.2 Å². The summed E-state index contributed by atoms with van der Waals surface area (Å²) in [5.41, 5.74) is 0. The molecule has 1 heterocycles. The maximum atomic E-state index is 4.61. The van der Waals surface area contributed by atoms with E-state index in [-0.39, 0.29) is 0 Å². The third-order valence-electron chi connectivity index (χ3n) is 3.75. The lowest BCUT2D eigenvalue weighted by molar-refractivity contribution is 0.290. The van der Waals surface area contributed by atoms with Crippen molar-refractivity contribution in [1.82, 2.24) is 4.90 Å². The van der Waals surface area contributed by atoms with E-state index in [9.17, 15) is 0 Å². The zero-order chi connectivity index (χ0) is 12.8. The summed E-state index contributed by atoms with van der Waals surface area (Å²) in [7, 11) is 4.24. The fourth-order valence-electron chi connectivity index (χ4n) is 2.99. The monoisotopic (exact) mass is 236 g/mol. The molecular weight excluding hydrogens is 208 g/mol. The van der Waals surface area contributed by atoms with Crippen molar-refractivity contribution in [3.8, 4) is 0 Å². The van der Waals surface area contributed by atoms with Crippen molar-refractivity contribution in [2.24, 2.45) is 22.7 Å². The van der Waals surface area contributed by atoms with Crippen LogP contribution >= 0.6 is 0 Å². The average Bonchev–Trinajstić information content (AvgIpc) is 2.28. The fraction of sp³-hybridized carbons (Fsp3) is 0.800. The Hall–Kier alpha value is -0.790. The minimum Gasteiger partial charge on any atom is -0.366 e. The molecule has 0 amide bonds. The van der Waals surface area contributed by atoms with Crippen LogP contribution in [0.1, 0.15) is 46.5 Å². The zero-order valence-electron chi connectivity index (χ0n) is 12.1. The number of amidine groups is 1. The van der Waals surface area contributed by atoms with Gasteiger partial charge in [-0.15, -0.1) is 0 Å². The van der Waals surface area contributed by atoms with Gasteiger partial charge in [-0.25, -0.2) is 4.99 Å². The van der Waals surface area contributed by atoms with Gasteiger partial charge in [0.05, 0.1) is 0 Å². The van der Waals surface area contributed by atoms with Gasteiger partial charge in [-0.1, -0.05) is 39.7 Å². The van der Waals surface area contributed by atoms with Crippen molar-refractivity contribution >= 4 is 5.84 Å². The standard InChI is InChI=1S/C15H28N2/c1-6-8-13(9-7-2)14-12(3)10-11-16-15(14)17(4)5/h10-14H,6-9H2,1-5H3/t12?,14-/m0/s1. The highest BCUT2D eigenvalue weighted by Gasteiger charge is 2.31. The van der Waals surface area contributed by atoms with E-state index >= 15 is 0 Å². The second-order valence-electron chi connectivity index (χ2n) is 5.45. The lowest BCUT2D eigenvalue weighted by atomic mass is 9.76. The highest BCUT2D eigenvalue weighted by molar-refractivity contribution is 5.86. The second kappa shape index (κ2) is 6.83. The summed E-state index contributed by atoms with van der Waals surface area (Å²) in [5.74, 6) is 3.28. The summed E-state index contributed by atoms with van der Waals surface area (Å²) in [6.45, 7) is 6.91. The third kappa shape index (κ3) is 3.58. The van der Waals surface area contributed by atoms with Crippen LogP contribution < -0.4 is 0 Å². The number of hydrogen-bond acceptors (Lipinski definition) is 2. The van der Waals surface area contributed by atoms with E-state index in [0.29, 0.717) is 11.8 Å². The molecule has 1 rings (SSSR count). The van der Waals surface area contributed by atoms with Crippen LogP contribution in [-0.2, 0) is 0 Å². The predicted octanol–water partition coefficient (Wildman–Crippen LogP) is 3.94. The summed E-state index contributed by atoms with van der Waals surface area (Å²) in [6, 6.07) is 0. The van der Waals surface area contributed by atoms with E-state index < -0.39 is 0 Å². The molecule has 0 radical (unpaired) electrons. The molecule has 0 N–H and O–H groups in total. The SMILES string of the molecule is CCCC(CCC)[C@H]1C(N(C)C)=NC=CC1C. The normalized spacial score (nSPS) is 24.0. The predicted molar refractivity (Wildman–Crippen MR) is 76.2 cm³/mol. The molecule has 98 valence electrons. The molecule has 2 atom stereocenters. The molecule has 2 heteroatoms. The molecule has 1 unspecified atom stereocenters. The first-order valence-corrected chi connectivity index (χ1v) is 7.03. The number of aliphatic imine (C=N–C) groups is 1. The van der Waals surface area contributed by atoms with Crippen molar-refractivity contribution in [2.45, 2.75) is 46.5 Å². The van der Waals surface area contributed by atoms with Gasteiger partial charge in [-0.05, 0) is 24.7 Å². The molecule has 17 heavy (non-hydrogen) atoms. The largest absolute Gasteiger partial charge is 0.366 e. The van der Waals surface area contributed by atoms with Gasteiger partial charge in [-0.3, -0.25) is 0 Å². The van der Waals surface area contributed by atoms with Gasteiger partial charge in [-0.2, -0.15) is 0 Å². The van der Waals surface area contributed by atoms with Gasteiger partial charge in [0.25, 0.3) is 0 Å². The minimum atomic E-state index is 0.606. The molecule has 0 aliphatic carbocycles. The molecule has 0 bridgehead atoms. The Labute approximate surface area is 107 Å². The van der Waals surface area contributed by atoms with E-state index in [1.807, 2.05) is 6.20 Å². The van der Waals surface area contributed by atoms with Crippen LogP contribution in [0, 0.1) is 17.8 Å². The molecule has 0 aromatic rings. The zero-order valence-corrected chi connectivity index (χ0v) is 12.1. The van der Waals surface area contributed by atoms with Crippen molar-refractivity contribution in [1.29, 1.82) is 0 Å². The number of hydrogen-bond donors (Lipinski definition) is 0.